The molecule has 1 aliphatic rings. The maximum absolute atomic E-state index is 12.6. The van der Waals surface area contributed by atoms with Gasteiger partial charge in [0, 0.05) is 18.7 Å². The van der Waals surface area contributed by atoms with Crippen LogP contribution >= 0.6 is 0 Å². The van der Waals surface area contributed by atoms with E-state index in [9.17, 15) is 14.4 Å². The highest BCUT2D eigenvalue weighted by Gasteiger charge is 2.35. The van der Waals surface area contributed by atoms with Crippen molar-refractivity contribution in [2.24, 2.45) is 11.7 Å². The fourth-order valence-corrected chi connectivity index (χ4v) is 3.07. The standard InChI is InChI=1S/C20H21N3O3/c1-12-7-8-15(9-13(12)2)23-11-14(10-18(23)24)20(26)22-17-6-4-3-5-16(17)19(21)25/h3-9,14H,10-11H2,1-2H3,(H2,21,25)(H,22,26). The van der Waals surface area contributed by atoms with Crippen molar-refractivity contribution >= 4 is 29.1 Å². The molecule has 1 heterocycles. The molecule has 0 saturated carbocycles. The number of anilines is 2. The molecule has 1 atom stereocenters. The minimum absolute atomic E-state index is 0.0865. The number of nitrogens with zero attached hydrogens (tertiary/aromatic N) is 1. The molecule has 1 unspecified atom stereocenters. The summed E-state index contributed by atoms with van der Waals surface area (Å²) in [6.45, 7) is 4.31. The Bertz CT molecular complexity index is 892. The Labute approximate surface area is 152 Å². The van der Waals surface area contributed by atoms with Crippen molar-refractivity contribution in [3.8, 4) is 0 Å². The van der Waals surface area contributed by atoms with E-state index in [1.165, 1.54) is 0 Å². The number of hydrogen-bond acceptors (Lipinski definition) is 3. The molecular formula is C20H21N3O3. The van der Waals surface area contributed by atoms with Crippen molar-refractivity contribution in [3.05, 3.63) is 59.2 Å². The first kappa shape index (κ1) is 17.7. The topological polar surface area (TPSA) is 92.5 Å². The summed E-state index contributed by atoms with van der Waals surface area (Å²) in [5, 5.41) is 2.73. The Morgan fingerprint density at radius 3 is 2.54 bits per heavy atom. The largest absolute Gasteiger partial charge is 0.366 e. The lowest BCUT2D eigenvalue weighted by atomic mass is 10.1. The lowest BCUT2D eigenvalue weighted by Gasteiger charge is -2.18. The van der Waals surface area contributed by atoms with Gasteiger partial charge in [-0.1, -0.05) is 18.2 Å². The van der Waals surface area contributed by atoms with E-state index in [4.69, 9.17) is 5.73 Å². The number of nitrogens with two attached hydrogens (primary N) is 1. The molecule has 0 spiro atoms. The van der Waals surface area contributed by atoms with Crippen molar-refractivity contribution in [3.63, 3.8) is 0 Å². The van der Waals surface area contributed by atoms with Crippen LogP contribution in [0.2, 0.25) is 0 Å². The molecule has 3 amide bonds. The van der Waals surface area contributed by atoms with Crippen LogP contribution in [0.3, 0.4) is 0 Å². The number of carbonyl (C=O) groups is 3. The van der Waals surface area contributed by atoms with Gasteiger partial charge < -0.3 is 16.0 Å². The second-order valence-corrected chi connectivity index (χ2v) is 6.57. The molecule has 1 saturated heterocycles. The van der Waals surface area contributed by atoms with Crippen molar-refractivity contribution in [2.45, 2.75) is 20.3 Å². The van der Waals surface area contributed by atoms with Gasteiger partial charge in [-0.15, -0.1) is 0 Å². The number of aryl methyl sites for hydroxylation is 2. The van der Waals surface area contributed by atoms with Crippen LogP contribution in [-0.2, 0) is 9.59 Å². The second-order valence-electron chi connectivity index (χ2n) is 6.57. The average molecular weight is 351 g/mol. The molecule has 0 aliphatic carbocycles. The molecule has 1 fully saturated rings. The first-order chi connectivity index (χ1) is 12.4. The van der Waals surface area contributed by atoms with Crippen LogP contribution in [0, 0.1) is 19.8 Å². The molecule has 134 valence electrons. The first-order valence-corrected chi connectivity index (χ1v) is 8.44. The Hall–Kier alpha value is -3.15. The first-order valence-electron chi connectivity index (χ1n) is 8.44. The number of primary amides is 1. The number of nitrogens with one attached hydrogen (secondary N) is 1. The Kier molecular flexibility index (Phi) is 4.75. The van der Waals surface area contributed by atoms with E-state index >= 15 is 0 Å². The van der Waals surface area contributed by atoms with Gasteiger partial charge >= 0.3 is 0 Å². The lowest BCUT2D eigenvalue weighted by molar-refractivity contribution is -0.122. The van der Waals surface area contributed by atoms with Crippen LogP contribution in [0.25, 0.3) is 0 Å². The van der Waals surface area contributed by atoms with Crippen molar-refractivity contribution in [2.75, 3.05) is 16.8 Å². The smallest absolute Gasteiger partial charge is 0.250 e. The second kappa shape index (κ2) is 7.00. The quantitative estimate of drug-likeness (QED) is 0.886. The van der Waals surface area contributed by atoms with Gasteiger partial charge in [-0.2, -0.15) is 0 Å². The van der Waals surface area contributed by atoms with Crippen LogP contribution in [0.5, 0.6) is 0 Å². The van der Waals surface area contributed by atoms with Crippen LogP contribution in [0.4, 0.5) is 11.4 Å². The van der Waals surface area contributed by atoms with Gasteiger partial charge in [0.25, 0.3) is 5.91 Å². The third-order valence-corrected chi connectivity index (χ3v) is 4.75. The highest BCUT2D eigenvalue weighted by atomic mass is 16.2. The zero-order valence-corrected chi connectivity index (χ0v) is 14.8. The normalized spacial score (nSPS) is 16.6. The van der Waals surface area contributed by atoms with E-state index in [-0.39, 0.29) is 23.8 Å². The molecule has 3 N–H and O–H groups in total. The number of para-hydroxylation sites is 1. The molecule has 0 aromatic heterocycles. The molecule has 0 bridgehead atoms. The summed E-state index contributed by atoms with van der Waals surface area (Å²) in [4.78, 5) is 38.1. The highest BCUT2D eigenvalue weighted by molar-refractivity contribution is 6.06. The molecule has 3 rings (SSSR count). The molecule has 1 aliphatic heterocycles. The number of benzene rings is 2. The van der Waals surface area contributed by atoms with Gasteiger partial charge in [-0.3, -0.25) is 14.4 Å². The number of rotatable bonds is 4. The Morgan fingerprint density at radius 1 is 1.12 bits per heavy atom. The van der Waals surface area contributed by atoms with Crippen LogP contribution < -0.4 is 16.0 Å². The zero-order chi connectivity index (χ0) is 18.8. The van der Waals surface area contributed by atoms with E-state index in [2.05, 4.69) is 5.32 Å². The van der Waals surface area contributed by atoms with E-state index in [0.717, 1.165) is 16.8 Å². The van der Waals surface area contributed by atoms with E-state index in [0.29, 0.717) is 12.2 Å². The van der Waals surface area contributed by atoms with E-state index in [1.807, 2.05) is 32.0 Å². The maximum atomic E-state index is 12.6. The molecule has 26 heavy (non-hydrogen) atoms. The maximum Gasteiger partial charge on any atom is 0.250 e. The Balaban J connectivity index is 1.75. The predicted molar refractivity (Wildman–Crippen MR) is 100.0 cm³/mol. The summed E-state index contributed by atoms with van der Waals surface area (Å²) in [7, 11) is 0. The summed E-state index contributed by atoms with van der Waals surface area (Å²) in [5.41, 5.74) is 8.99. The predicted octanol–water partition coefficient (Wildman–Crippen LogP) is 2.39. The summed E-state index contributed by atoms with van der Waals surface area (Å²) in [6.07, 6.45) is 0.136. The van der Waals surface area contributed by atoms with Gasteiger partial charge in [0.1, 0.15) is 0 Å². The molecule has 6 heteroatoms. The summed E-state index contributed by atoms with van der Waals surface area (Å²) >= 11 is 0. The molecule has 0 radical (unpaired) electrons. The van der Waals surface area contributed by atoms with Crippen molar-refractivity contribution < 1.29 is 14.4 Å². The minimum Gasteiger partial charge on any atom is -0.366 e. The van der Waals surface area contributed by atoms with Gasteiger partial charge in [-0.25, -0.2) is 0 Å². The molecule has 2 aromatic rings. The van der Waals surface area contributed by atoms with Crippen molar-refractivity contribution in [1.29, 1.82) is 0 Å². The number of carbonyl (C=O) groups excluding carboxylic acids is 3. The highest BCUT2D eigenvalue weighted by Crippen LogP contribution is 2.28. The fraction of sp³-hybridized carbons (Fsp3) is 0.250. The van der Waals surface area contributed by atoms with Gasteiger partial charge in [0.2, 0.25) is 11.8 Å². The van der Waals surface area contributed by atoms with Crippen molar-refractivity contribution in [1.82, 2.24) is 0 Å². The van der Waals surface area contributed by atoms with Gasteiger partial charge in [-0.05, 0) is 49.2 Å². The summed E-state index contributed by atoms with van der Waals surface area (Å²) < 4.78 is 0. The van der Waals surface area contributed by atoms with Crippen LogP contribution in [0.1, 0.15) is 27.9 Å². The lowest BCUT2D eigenvalue weighted by Crippen LogP contribution is -2.28. The number of hydrogen-bond donors (Lipinski definition) is 2. The number of amides is 3. The van der Waals surface area contributed by atoms with Gasteiger partial charge in [0.05, 0.1) is 17.2 Å². The summed E-state index contributed by atoms with van der Waals surface area (Å²) in [6, 6.07) is 12.4. The van der Waals surface area contributed by atoms with Crippen LogP contribution in [0.15, 0.2) is 42.5 Å². The third-order valence-electron chi connectivity index (χ3n) is 4.75. The fourth-order valence-electron chi connectivity index (χ4n) is 3.07. The SMILES string of the molecule is Cc1ccc(N2CC(C(=O)Nc3ccccc3C(N)=O)CC2=O)cc1C. The average Bonchev–Trinajstić information content (AvgIpc) is 2.99. The Morgan fingerprint density at radius 2 is 1.85 bits per heavy atom. The molecule has 2 aromatic carbocycles. The van der Waals surface area contributed by atoms with E-state index < -0.39 is 11.8 Å². The minimum atomic E-state index is -0.611. The third kappa shape index (κ3) is 3.44. The molecule has 6 nitrogen and oxygen atoms in total. The van der Waals surface area contributed by atoms with E-state index in [1.54, 1.807) is 29.2 Å². The molecular weight excluding hydrogens is 330 g/mol. The monoisotopic (exact) mass is 351 g/mol. The van der Waals surface area contributed by atoms with Crippen LogP contribution in [-0.4, -0.2) is 24.3 Å². The summed E-state index contributed by atoms with van der Waals surface area (Å²) in [5.74, 6) is -1.47. The van der Waals surface area contributed by atoms with Gasteiger partial charge in [0.15, 0.2) is 0 Å². The zero-order valence-electron chi connectivity index (χ0n) is 14.8.